The molecule has 0 heterocycles. The zero-order valence-corrected chi connectivity index (χ0v) is 6.28. The topological polar surface area (TPSA) is 26.0 Å². The summed E-state index contributed by atoms with van der Waals surface area (Å²) in [5.74, 6) is 0. The summed E-state index contributed by atoms with van der Waals surface area (Å²) in [4.78, 5) is 0. The number of nitrogens with two attached hydrogens (primary N) is 1. The number of hydrogen-bond donors (Lipinski definition) is 1. The van der Waals surface area contributed by atoms with E-state index in [1.807, 2.05) is 13.3 Å². The summed E-state index contributed by atoms with van der Waals surface area (Å²) in [6.07, 6.45) is 1.90. The first-order chi connectivity index (χ1) is 1.91. The largest absolute Gasteiger partial charge is 0.360 e. The van der Waals surface area contributed by atoms with Gasteiger partial charge in [0.15, 0.2) is 0 Å². The molecule has 0 aromatic heterocycles. The van der Waals surface area contributed by atoms with E-state index in [4.69, 9.17) is 5.73 Å². The van der Waals surface area contributed by atoms with Crippen LogP contribution in [0.3, 0.4) is 0 Å². The summed E-state index contributed by atoms with van der Waals surface area (Å²) in [7, 11) is 0. The molecule has 1 nitrogen and oxygen atoms in total. The molecule has 0 rings (SSSR count). The van der Waals surface area contributed by atoms with Crippen LogP contribution in [-0.2, 0) is 32.7 Å². The predicted octanol–water partition coefficient (Wildman–Crippen LogP) is 0.167. The van der Waals surface area contributed by atoms with Gasteiger partial charge in [-0.25, -0.2) is 0 Å². The molecule has 0 fully saturated rings. The van der Waals surface area contributed by atoms with Gasteiger partial charge in [0, 0.05) is 32.7 Å². The Balaban J connectivity index is 0. The van der Waals surface area contributed by atoms with Crippen LogP contribution in [0.15, 0.2) is 0 Å². The Morgan fingerprint density at radius 3 is 2.00 bits per heavy atom. The van der Waals surface area contributed by atoms with Crippen LogP contribution in [0.25, 0.3) is 0 Å². The molecule has 0 aliphatic carbocycles. The number of rotatable bonds is 1. The van der Waals surface area contributed by atoms with Gasteiger partial charge in [-0.05, 0) is 0 Å². The molecule has 0 amide bonds. The van der Waals surface area contributed by atoms with Gasteiger partial charge in [-0.3, -0.25) is 0 Å². The van der Waals surface area contributed by atoms with Crippen LogP contribution in [0.2, 0.25) is 0 Å². The SMILES string of the molecule is C[CH-]CN.[Y]. The van der Waals surface area contributed by atoms with Crippen LogP contribution in [-0.4, -0.2) is 6.54 Å². The van der Waals surface area contributed by atoms with Crippen molar-refractivity contribution in [3.8, 4) is 0 Å². The van der Waals surface area contributed by atoms with E-state index < -0.39 is 0 Å². The molecule has 0 aliphatic rings. The minimum Gasteiger partial charge on any atom is -0.360 e. The Hall–Kier alpha value is 1.06. The van der Waals surface area contributed by atoms with E-state index in [0.717, 1.165) is 0 Å². The maximum atomic E-state index is 4.97. The van der Waals surface area contributed by atoms with Crippen molar-refractivity contribution in [2.45, 2.75) is 6.92 Å². The predicted molar refractivity (Wildman–Crippen MR) is 19.0 cm³/mol. The third-order valence-corrected chi connectivity index (χ3v) is 0.236. The van der Waals surface area contributed by atoms with Crippen LogP contribution in [0.1, 0.15) is 6.92 Å². The van der Waals surface area contributed by atoms with Gasteiger partial charge in [0.2, 0.25) is 0 Å². The molecule has 0 saturated heterocycles. The van der Waals surface area contributed by atoms with Gasteiger partial charge in [0.25, 0.3) is 0 Å². The van der Waals surface area contributed by atoms with E-state index in [1.54, 1.807) is 0 Å². The van der Waals surface area contributed by atoms with Gasteiger partial charge >= 0.3 is 0 Å². The second kappa shape index (κ2) is 8.91. The maximum Gasteiger partial charge on any atom is 0 e. The van der Waals surface area contributed by atoms with Crippen molar-refractivity contribution in [3.63, 3.8) is 0 Å². The zero-order valence-electron chi connectivity index (χ0n) is 3.44. The molecule has 0 aliphatic heterocycles. The first-order valence-electron chi connectivity index (χ1n) is 1.39. The molecule has 0 aromatic carbocycles. The maximum absolute atomic E-state index is 4.97. The van der Waals surface area contributed by atoms with Gasteiger partial charge < -0.3 is 12.2 Å². The molecular weight excluding hydrogens is 139 g/mol. The van der Waals surface area contributed by atoms with E-state index in [2.05, 4.69) is 0 Å². The van der Waals surface area contributed by atoms with Gasteiger partial charge in [-0.1, -0.05) is 0 Å². The molecule has 2 heteroatoms. The molecule has 2 N–H and O–H groups in total. The van der Waals surface area contributed by atoms with E-state index in [-0.39, 0.29) is 32.7 Å². The normalized spacial score (nSPS) is 6.00. The van der Waals surface area contributed by atoms with Crippen molar-refractivity contribution in [2.75, 3.05) is 6.54 Å². The van der Waals surface area contributed by atoms with E-state index in [1.165, 1.54) is 0 Å². The van der Waals surface area contributed by atoms with E-state index in [0.29, 0.717) is 6.54 Å². The van der Waals surface area contributed by atoms with Gasteiger partial charge in [0.1, 0.15) is 0 Å². The summed E-state index contributed by atoms with van der Waals surface area (Å²) in [5, 5.41) is 0. The molecule has 5 heavy (non-hydrogen) atoms. The third-order valence-electron chi connectivity index (χ3n) is 0.236. The van der Waals surface area contributed by atoms with Crippen molar-refractivity contribution < 1.29 is 32.7 Å². The Morgan fingerprint density at radius 1 is 1.80 bits per heavy atom. The van der Waals surface area contributed by atoms with Gasteiger partial charge in [-0.2, -0.15) is 6.92 Å². The molecule has 0 aromatic rings. The summed E-state index contributed by atoms with van der Waals surface area (Å²) >= 11 is 0. The summed E-state index contributed by atoms with van der Waals surface area (Å²) < 4.78 is 0. The van der Waals surface area contributed by atoms with Gasteiger partial charge in [0.05, 0.1) is 0 Å². The molecule has 29 valence electrons. The molecular formula is C3H8NY-. The van der Waals surface area contributed by atoms with Crippen molar-refractivity contribution in [2.24, 2.45) is 5.73 Å². The fourth-order valence-electron chi connectivity index (χ4n) is 0. The average Bonchev–Trinajstić information content (AvgIpc) is 1.37. The second-order valence-electron chi connectivity index (χ2n) is 0.644. The van der Waals surface area contributed by atoms with Crippen LogP contribution in [0, 0.1) is 6.42 Å². The van der Waals surface area contributed by atoms with E-state index in [9.17, 15) is 0 Å². The molecule has 0 unspecified atom stereocenters. The molecule has 0 atom stereocenters. The van der Waals surface area contributed by atoms with Crippen molar-refractivity contribution in [1.29, 1.82) is 0 Å². The summed E-state index contributed by atoms with van der Waals surface area (Å²) in [6, 6.07) is 0. The number of hydrogen-bond acceptors (Lipinski definition) is 1. The second-order valence-corrected chi connectivity index (χ2v) is 0.644. The van der Waals surface area contributed by atoms with Crippen LogP contribution < -0.4 is 5.73 Å². The molecule has 0 bridgehead atoms. The molecule has 1 radical (unpaired) electrons. The fraction of sp³-hybridized carbons (Fsp3) is 0.667. The van der Waals surface area contributed by atoms with Crippen molar-refractivity contribution in [1.82, 2.24) is 0 Å². The smallest absolute Gasteiger partial charge is 0 e. The monoisotopic (exact) mass is 147 g/mol. The van der Waals surface area contributed by atoms with Crippen LogP contribution in [0.4, 0.5) is 0 Å². The Morgan fingerprint density at radius 2 is 2.00 bits per heavy atom. The van der Waals surface area contributed by atoms with Gasteiger partial charge in [-0.15, -0.1) is 6.54 Å². The molecule has 0 spiro atoms. The standard InChI is InChI=1S/C3H8N.Y/c1-2-3-4;/h2H,3-4H2,1H3;/q-1;. The Bertz CT molecular complexity index is 8.85. The van der Waals surface area contributed by atoms with Crippen LogP contribution in [0.5, 0.6) is 0 Å². The van der Waals surface area contributed by atoms with E-state index >= 15 is 0 Å². The first-order valence-corrected chi connectivity index (χ1v) is 1.39. The van der Waals surface area contributed by atoms with Crippen LogP contribution >= 0.6 is 0 Å². The fourth-order valence-corrected chi connectivity index (χ4v) is 0. The quantitative estimate of drug-likeness (QED) is 0.525. The minimum absolute atomic E-state index is 0. The third kappa shape index (κ3) is 11.2. The Kier molecular flexibility index (Phi) is 16.8. The Labute approximate surface area is 58.2 Å². The van der Waals surface area contributed by atoms with Crippen molar-refractivity contribution >= 4 is 0 Å². The zero-order chi connectivity index (χ0) is 3.41. The summed E-state index contributed by atoms with van der Waals surface area (Å²) in [6.45, 7) is 2.62. The minimum atomic E-state index is 0. The summed E-state index contributed by atoms with van der Waals surface area (Å²) in [5.41, 5.74) is 4.97. The molecule has 0 saturated carbocycles. The van der Waals surface area contributed by atoms with Crippen molar-refractivity contribution in [3.05, 3.63) is 6.42 Å². The first kappa shape index (κ1) is 9.42. The average molecular weight is 147 g/mol.